The summed E-state index contributed by atoms with van der Waals surface area (Å²) in [5, 5.41) is 24.0. The Kier molecular flexibility index (Phi) is 4.73. The summed E-state index contributed by atoms with van der Waals surface area (Å²) in [6.45, 7) is 1.84. The van der Waals surface area contributed by atoms with E-state index in [4.69, 9.17) is 5.26 Å². The average molecular weight is 294 g/mol. The molecule has 0 unspecified atom stereocenters. The van der Waals surface area contributed by atoms with E-state index >= 15 is 0 Å². The molecule has 0 aliphatic heterocycles. The number of nitrogens with one attached hydrogen (secondary N) is 2. The van der Waals surface area contributed by atoms with Gasteiger partial charge in [-0.15, -0.1) is 0 Å². The fourth-order valence-corrected chi connectivity index (χ4v) is 1.69. The van der Waals surface area contributed by atoms with Gasteiger partial charge in [0.2, 0.25) is 0 Å². The van der Waals surface area contributed by atoms with Crippen molar-refractivity contribution in [3.63, 3.8) is 0 Å². The summed E-state index contributed by atoms with van der Waals surface area (Å²) < 4.78 is 0. The Morgan fingerprint density at radius 1 is 1.27 bits per heavy atom. The lowest BCUT2D eigenvalue weighted by Crippen LogP contribution is -2.14. The smallest absolute Gasteiger partial charge is 0.267 e. The molecule has 3 N–H and O–H groups in total. The number of nitriles is 1. The molecule has 1 amide bonds. The number of amides is 1. The minimum atomic E-state index is -0.621. The van der Waals surface area contributed by atoms with Gasteiger partial charge < -0.3 is 15.7 Å². The number of hydrogen-bond acceptors (Lipinski definition) is 5. The van der Waals surface area contributed by atoms with E-state index in [1.165, 1.54) is 18.3 Å². The van der Waals surface area contributed by atoms with Gasteiger partial charge in [-0.2, -0.15) is 5.26 Å². The van der Waals surface area contributed by atoms with E-state index in [9.17, 15) is 9.90 Å². The zero-order chi connectivity index (χ0) is 15.9. The Morgan fingerprint density at radius 3 is 2.73 bits per heavy atom. The Labute approximate surface area is 127 Å². The lowest BCUT2D eigenvalue weighted by Gasteiger charge is -2.06. The summed E-state index contributed by atoms with van der Waals surface area (Å²) in [5.74, 6) is -0.159. The Hall–Kier alpha value is -3.33. The minimum Gasteiger partial charge on any atom is -0.506 e. The second-order valence-corrected chi connectivity index (χ2v) is 4.45. The molecule has 0 aliphatic carbocycles. The Bertz CT molecular complexity index is 763. The molecule has 6 nitrogen and oxygen atoms in total. The number of phenols is 1. The standard InChI is InChI=1S/C16H14N4O2/c1-11-5-4-8-15(19-11)18-10-12(9-17)16(22)20-13-6-2-3-7-14(13)21/h2-8,10,21H,1H3,(H,18,19)(H,20,22)/b12-10-. The highest BCUT2D eigenvalue weighted by molar-refractivity contribution is 6.07. The molecule has 0 fully saturated rings. The maximum absolute atomic E-state index is 12.0. The largest absolute Gasteiger partial charge is 0.506 e. The lowest BCUT2D eigenvalue weighted by atomic mass is 10.2. The number of phenolic OH excluding ortho intramolecular Hbond substituents is 1. The summed E-state index contributed by atoms with van der Waals surface area (Å²) in [5.41, 5.74) is 0.921. The molecular weight excluding hydrogens is 280 g/mol. The molecule has 1 aromatic carbocycles. The van der Waals surface area contributed by atoms with Crippen LogP contribution in [0.1, 0.15) is 5.69 Å². The van der Waals surface area contributed by atoms with E-state index in [0.717, 1.165) is 5.69 Å². The molecule has 2 aromatic rings. The van der Waals surface area contributed by atoms with E-state index in [0.29, 0.717) is 5.82 Å². The average Bonchev–Trinajstić information content (AvgIpc) is 2.50. The predicted molar refractivity (Wildman–Crippen MR) is 83.0 cm³/mol. The third kappa shape index (κ3) is 3.84. The first kappa shape index (κ1) is 15.1. The molecule has 0 radical (unpaired) electrons. The molecule has 22 heavy (non-hydrogen) atoms. The van der Waals surface area contributed by atoms with Gasteiger partial charge in [-0.05, 0) is 31.2 Å². The summed E-state index contributed by atoms with van der Waals surface area (Å²) in [6.07, 6.45) is 1.27. The predicted octanol–water partition coefficient (Wildman–Crippen LogP) is 2.55. The van der Waals surface area contributed by atoms with Crippen LogP contribution in [0.3, 0.4) is 0 Å². The normalized spacial score (nSPS) is 10.6. The molecule has 0 bridgehead atoms. The maximum Gasteiger partial charge on any atom is 0.267 e. The van der Waals surface area contributed by atoms with E-state index in [1.54, 1.807) is 24.3 Å². The number of benzene rings is 1. The molecular formula is C16H14N4O2. The summed E-state index contributed by atoms with van der Waals surface area (Å²) in [6, 6.07) is 13.5. The van der Waals surface area contributed by atoms with Crippen LogP contribution < -0.4 is 10.6 Å². The van der Waals surface area contributed by atoms with Gasteiger partial charge in [0.1, 0.15) is 23.2 Å². The summed E-state index contributed by atoms with van der Waals surface area (Å²) >= 11 is 0. The molecule has 2 rings (SSSR count). The SMILES string of the molecule is Cc1cccc(N/C=C(/C#N)C(=O)Nc2ccccc2O)n1. The fourth-order valence-electron chi connectivity index (χ4n) is 1.69. The topological polar surface area (TPSA) is 98.0 Å². The van der Waals surface area contributed by atoms with Gasteiger partial charge >= 0.3 is 0 Å². The van der Waals surface area contributed by atoms with E-state index in [1.807, 2.05) is 19.1 Å². The molecule has 0 atom stereocenters. The fraction of sp³-hybridized carbons (Fsp3) is 0.0625. The number of carbonyl (C=O) groups excluding carboxylic acids is 1. The van der Waals surface area contributed by atoms with Crippen molar-refractivity contribution in [3.05, 3.63) is 59.9 Å². The van der Waals surface area contributed by atoms with Gasteiger partial charge in [0, 0.05) is 11.9 Å². The Morgan fingerprint density at radius 2 is 2.05 bits per heavy atom. The monoisotopic (exact) mass is 294 g/mol. The third-order valence-electron chi connectivity index (χ3n) is 2.77. The van der Waals surface area contributed by atoms with Gasteiger partial charge in [-0.25, -0.2) is 4.98 Å². The molecule has 0 saturated heterocycles. The number of aryl methyl sites for hydroxylation is 1. The lowest BCUT2D eigenvalue weighted by molar-refractivity contribution is -0.112. The van der Waals surface area contributed by atoms with Crippen molar-refractivity contribution in [1.82, 2.24) is 4.98 Å². The minimum absolute atomic E-state index is 0.0681. The number of hydrogen-bond donors (Lipinski definition) is 3. The molecule has 1 heterocycles. The number of rotatable bonds is 4. The van der Waals surface area contributed by atoms with Gasteiger partial charge in [0.15, 0.2) is 0 Å². The van der Waals surface area contributed by atoms with Crippen LogP contribution in [0.15, 0.2) is 54.2 Å². The highest BCUT2D eigenvalue weighted by Crippen LogP contribution is 2.21. The molecule has 0 saturated carbocycles. The van der Waals surface area contributed by atoms with Crippen molar-refractivity contribution >= 4 is 17.4 Å². The zero-order valence-corrected chi connectivity index (χ0v) is 11.9. The van der Waals surface area contributed by atoms with Crippen molar-refractivity contribution in [3.8, 4) is 11.8 Å². The van der Waals surface area contributed by atoms with Gasteiger partial charge in [-0.3, -0.25) is 4.79 Å². The molecule has 6 heteroatoms. The van der Waals surface area contributed by atoms with Crippen LogP contribution in [0.2, 0.25) is 0 Å². The number of para-hydroxylation sites is 2. The molecule has 0 spiro atoms. The highest BCUT2D eigenvalue weighted by Gasteiger charge is 2.11. The van der Waals surface area contributed by atoms with Gasteiger partial charge in [0.05, 0.1) is 5.69 Å². The second kappa shape index (κ2) is 6.90. The molecule has 1 aromatic heterocycles. The number of carbonyl (C=O) groups is 1. The first-order chi connectivity index (χ1) is 10.6. The van der Waals surface area contributed by atoms with E-state index in [2.05, 4.69) is 15.6 Å². The number of aromatic nitrogens is 1. The van der Waals surface area contributed by atoms with Crippen molar-refractivity contribution in [2.75, 3.05) is 10.6 Å². The highest BCUT2D eigenvalue weighted by atomic mass is 16.3. The van der Waals surface area contributed by atoms with Crippen LogP contribution in [0, 0.1) is 18.3 Å². The number of anilines is 2. The van der Waals surface area contributed by atoms with Crippen LogP contribution in [0.25, 0.3) is 0 Å². The number of pyridine rings is 1. The van der Waals surface area contributed by atoms with Crippen molar-refractivity contribution < 1.29 is 9.90 Å². The maximum atomic E-state index is 12.0. The van der Waals surface area contributed by atoms with Crippen LogP contribution in [0.4, 0.5) is 11.5 Å². The van der Waals surface area contributed by atoms with Crippen LogP contribution >= 0.6 is 0 Å². The van der Waals surface area contributed by atoms with Crippen molar-refractivity contribution in [2.24, 2.45) is 0 Å². The second-order valence-electron chi connectivity index (χ2n) is 4.45. The summed E-state index contributed by atoms with van der Waals surface area (Å²) in [4.78, 5) is 16.2. The Balaban J connectivity index is 2.11. The van der Waals surface area contributed by atoms with Crippen LogP contribution in [0.5, 0.6) is 5.75 Å². The molecule has 110 valence electrons. The van der Waals surface area contributed by atoms with E-state index in [-0.39, 0.29) is 17.0 Å². The summed E-state index contributed by atoms with van der Waals surface area (Å²) in [7, 11) is 0. The first-order valence-electron chi connectivity index (χ1n) is 6.50. The van der Waals surface area contributed by atoms with E-state index < -0.39 is 5.91 Å². The van der Waals surface area contributed by atoms with Gasteiger partial charge in [-0.1, -0.05) is 18.2 Å². The van der Waals surface area contributed by atoms with Gasteiger partial charge in [0.25, 0.3) is 5.91 Å². The first-order valence-corrected chi connectivity index (χ1v) is 6.50. The van der Waals surface area contributed by atoms with Crippen molar-refractivity contribution in [1.29, 1.82) is 5.26 Å². The zero-order valence-electron chi connectivity index (χ0n) is 11.9. The third-order valence-corrected chi connectivity index (χ3v) is 2.77. The quantitative estimate of drug-likeness (QED) is 0.457. The molecule has 0 aliphatic rings. The van der Waals surface area contributed by atoms with Crippen molar-refractivity contribution in [2.45, 2.75) is 6.92 Å². The number of aromatic hydroxyl groups is 1. The van der Waals surface area contributed by atoms with Crippen LogP contribution in [-0.2, 0) is 4.79 Å². The number of nitrogens with zero attached hydrogens (tertiary/aromatic N) is 2. The van der Waals surface area contributed by atoms with Crippen LogP contribution in [-0.4, -0.2) is 16.0 Å².